The summed E-state index contributed by atoms with van der Waals surface area (Å²) in [4.78, 5) is 0. The number of hydrogen-bond acceptors (Lipinski definition) is 1. The predicted octanol–water partition coefficient (Wildman–Crippen LogP) is 1.31. The van der Waals surface area contributed by atoms with Gasteiger partial charge in [0, 0.05) is 0 Å². The number of halogens is 1. The normalized spacial score (nSPS) is 7.70. The Morgan fingerprint density at radius 2 is 2.10 bits per heavy atom. The first kappa shape index (κ1) is 9.81. The maximum atomic E-state index is 8.43. The van der Waals surface area contributed by atoms with Gasteiger partial charge in [0.05, 0.1) is 0 Å². The fourth-order valence-electron chi connectivity index (χ4n) is 0.641. The minimum atomic E-state index is 0. The van der Waals surface area contributed by atoms with Gasteiger partial charge in [-0.3, -0.25) is 0 Å². The molecule has 0 saturated heterocycles. The summed E-state index contributed by atoms with van der Waals surface area (Å²) in [5.74, 6) is 0. The van der Waals surface area contributed by atoms with Gasteiger partial charge in [-0.05, 0) is 0 Å². The molecule has 0 saturated carbocycles. The zero-order valence-electron chi connectivity index (χ0n) is 5.37. The van der Waals surface area contributed by atoms with E-state index in [0.717, 1.165) is 23.9 Å². The van der Waals surface area contributed by atoms with Gasteiger partial charge in [-0.25, -0.2) is 0 Å². The van der Waals surface area contributed by atoms with Crippen LogP contribution in [0, 0.1) is 11.3 Å². The summed E-state index contributed by atoms with van der Waals surface area (Å²) < 4.78 is 1.26. The average molecular weight is 248 g/mol. The molecule has 1 aromatic carbocycles. The Morgan fingerprint density at radius 1 is 1.40 bits per heavy atom. The molecule has 0 spiro atoms. The topological polar surface area (TPSA) is 23.8 Å². The standard InChI is InChI=1S/C7H4N.BrH.Zn/c8-6-7-4-2-1-3-5-7;;/h1-2,4-5H;1H;. The van der Waals surface area contributed by atoms with E-state index in [1.54, 1.807) is 0 Å². The van der Waals surface area contributed by atoms with Gasteiger partial charge in [0.1, 0.15) is 0 Å². The molecule has 0 aliphatic rings. The van der Waals surface area contributed by atoms with E-state index in [2.05, 4.69) is 6.07 Å². The van der Waals surface area contributed by atoms with E-state index < -0.39 is 0 Å². The number of nitriles is 1. The Labute approximate surface area is 80.5 Å². The molecule has 1 aromatic rings. The first-order valence-electron chi connectivity index (χ1n) is 2.65. The van der Waals surface area contributed by atoms with Crippen molar-refractivity contribution in [2.75, 3.05) is 0 Å². The van der Waals surface area contributed by atoms with Crippen LogP contribution in [0.2, 0.25) is 0 Å². The number of hydrogen-bond donors (Lipinski definition) is 0. The molecule has 0 aromatic heterocycles. The van der Waals surface area contributed by atoms with Crippen LogP contribution in [0.3, 0.4) is 0 Å². The molecule has 0 bridgehead atoms. The number of benzene rings is 1. The summed E-state index contributed by atoms with van der Waals surface area (Å²) in [6, 6.07) is 9.77. The van der Waals surface area contributed by atoms with Crippen LogP contribution < -0.4 is 4.16 Å². The molecule has 0 atom stereocenters. The van der Waals surface area contributed by atoms with E-state index in [-0.39, 0.29) is 17.0 Å². The predicted molar refractivity (Wildman–Crippen MR) is 41.1 cm³/mol. The Bertz CT molecular complexity index is 254. The van der Waals surface area contributed by atoms with Crippen molar-refractivity contribution < 1.29 is 18.3 Å². The van der Waals surface area contributed by atoms with Gasteiger partial charge in [-0.2, -0.15) is 0 Å². The van der Waals surface area contributed by atoms with E-state index in [0.29, 0.717) is 0 Å². The van der Waals surface area contributed by atoms with Gasteiger partial charge in [0.25, 0.3) is 0 Å². The molecule has 0 aliphatic heterocycles. The van der Waals surface area contributed by atoms with E-state index in [4.69, 9.17) is 5.26 Å². The quantitative estimate of drug-likeness (QED) is 0.635. The summed E-state index contributed by atoms with van der Waals surface area (Å²) in [7, 11) is 0. The fourth-order valence-corrected chi connectivity index (χ4v) is 1.39. The molecule has 47 valence electrons. The van der Waals surface area contributed by atoms with Crippen molar-refractivity contribution in [3.63, 3.8) is 0 Å². The van der Waals surface area contributed by atoms with E-state index >= 15 is 0 Å². The Morgan fingerprint density at radius 3 is 2.50 bits per heavy atom. The Kier molecular flexibility index (Phi) is 4.52. The van der Waals surface area contributed by atoms with E-state index in [1.807, 2.05) is 24.3 Å². The molecule has 10 heavy (non-hydrogen) atoms. The van der Waals surface area contributed by atoms with Crippen LogP contribution in [0.1, 0.15) is 5.56 Å². The van der Waals surface area contributed by atoms with Crippen molar-refractivity contribution >= 4 is 21.1 Å². The summed E-state index contributed by atoms with van der Waals surface area (Å²) in [6.07, 6.45) is 0. The van der Waals surface area contributed by atoms with Crippen LogP contribution in [0.15, 0.2) is 24.3 Å². The van der Waals surface area contributed by atoms with Gasteiger partial charge >= 0.3 is 63.6 Å². The van der Waals surface area contributed by atoms with Crippen molar-refractivity contribution in [3.8, 4) is 6.07 Å². The molecule has 0 amide bonds. The third-order valence-electron chi connectivity index (χ3n) is 1.06. The molecule has 0 unspecified atom stereocenters. The van der Waals surface area contributed by atoms with Gasteiger partial charge < -0.3 is 0 Å². The molecule has 0 radical (unpaired) electrons. The molecule has 0 N–H and O–H groups in total. The third-order valence-corrected chi connectivity index (χ3v) is 1.98. The van der Waals surface area contributed by atoms with Crippen LogP contribution in [0.5, 0.6) is 0 Å². The first-order valence-corrected chi connectivity index (χ1v) is 4.13. The van der Waals surface area contributed by atoms with E-state index in [1.165, 1.54) is 4.16 Å². The van der Waals surface area contributed by atoms with Crippen LogP contribution >= 0.6 is 17.0 Å². The fraction of sp³-hybridized carbons (Fsp3) is 0. The minimum absolute atomic E-state index is 0. The summed E-state index contributed by atoms with van der Waals surface area (Å²) in [5, 5.41) is 8.43. The zero-order chi connectivity index (χ0) is 6.69. The van der Waals surface area contributed by atoms with Crippen LogP contribution in [0.4, 0.5) is 0 Å². The zero-order valence-corrected chi connectivity index (χ0v) is 10.1. The third kappa shape index (κ3) is 2.60. The Hall–Kier alpha value is -0.187. The van der Waals surface area contributed by atoms with Gasteiger partial charge in [-0.15, -0.1) is 17.0 Å². The molecule has 0 heterocycles. The SMILES string of the molecule is Br.N#Cc1ccc[c]([Zn])c1. The van der Waals surface area contributed by atoms with Crippen molar-refractivity contribution in [1.82, 2.24) is 0 Å². The second-order valence-electron chi connectivity index (χ2n) is 1.81. The number of nitrogens with zero attached hydrogens (tertiary/aromatic N) is 1. The molecule has 1 rings (SSSR count). The molecule has 0 aliphatic carbocycles. The van der Waals surface area contributed by atoms with E-state index in [9.17, 15) is 0 Å². The second kappa shape index (κ2) is 4.60. The van der Waals surface area contributed by atoms with Crippen LogP contribution in [-0.2, 0) is 18.3 Å². The van der Waals surface area contributed by atoms with Gasteiger partial charge in [0.15, 0.2) is 0 Å². The van der Waals surface area contributed by atoms with Crippen molar-refractivity contribution in [2.24, 2.45) is 0 Å². The summed E-state index contributed by atoms with van der Waals surface area (Å²) >= 11 is 1.12. The summed E-state index contributed by atoms with van der Waals surface area (Å²) in [5.41, 5.74) is 0.763. The Balaban J connectivity index is 0.000000810. The van der Waals surface area contributed by atoms with Crippen molar-refractivity contribution in [3.05, 3.63) is 29.8 Å². The van der Waals surface area contributed by atoms with Crippen molar-refractivity contribution in [1.29, 1.82) is 5.26 Å². The summed E-state index contributed by atoms with van der Waals surface area (Å²) in [6.45, 7) is 0. The molecule has 1 nitrogen and oxygen atoms in total. The first-order chi connectivity index (χ1) is 4.33. The average Bonchev–Trinajstić information content (AvgIpc) is 1.88. The molecular weight excluding hydrogens is 243 g/mol. The molecule has 0 fully saturated rings. The monoisotopic (exact) mass is 246 g/mol. The maximum absolute atomic E-state index is 8.43. The molecule has 3 heteroatoms. The second-order valence-corrected chi connectivity index (χ2v) is 3.53. The van der Waals surface area contributed by atoms with Crippen LogP contribution in [0.25, 0.3) is 0 Å². The molecular formula is C7H5BrNZn. The van der Waals surface area contributed by atoms with Gasteiger partial charge in [-0.1, -0.05) is 0 Å². The van der Waals surface area contributed by atoms with Crippen molar-refractivity contribution in [2.45, 2.75) is 0 Å². The van der Waals surface area contributed by atoms with Crippen LogP contribution in [-0.4, -0.2) is 0 Å². The number of rotatable bonds is 0. The van der Waals surface area contributed by atoms with Gasteiger partial charge in [0.2, 0.25) is 0 Å².